The first-order valence-electron chi connectivity index (χ1n) is 6.84. The van der Waals surface area contributed by atoms with Gasteiger partial charge < -0.3 is 4.74 Å². The predicted octanol–water partition coefficient (Wildman–Crippen LogP) is 3.42. The molecule has 122 valence electrons. The zero-order valence-corrected chi connectivity index (χ0v) is 13.8. The van der Waals surface area contributed by atoms with Gasteiger partial charge in [-0.25, -0.2) is 4.39 Å². The molecule has 1 aliphatic heterocycles. The number of ether oxygens (including phenoxy) is 1. The summed E-state index contributed by atoms with van der Waals surface area (Å²) in [6, 6.07) is 12.6. The smallest absolute Gasteiger partial charge is 0.270 e. The fourth-order valence-electron chi connectivity index (χ4n) is 2.64. The molecule has 0 aromatic heterocycles. The van der Waals surface area contributed by atoms with E-state index in [1.54, 1.807) is 24.3 Å². The van der Waals surface area contributed by atoms with Crippen LogP contribution in [0.25, 0.3) is 0 Å². The third-order valence-corrected chi connectivity index (χ3v) is 5.49. The molecule has 1 saturated heterocycles. The Morgan fingerprint density at radius 1 is 1.22 bits per heavy atom. The quantitative estimate of drug-likeness (QED) is 0.608. The second-order valence-corrected chi connectivity index (χ2v) is 7.43. The van der Waals surface area contributed by atoms with Crippen LogP contribution in [0.5, 0.6) is 0 Å². The van der Waals surface area contributed by atoms with Crippen molar-refractivity contribution in [3.8, 4) is 0 Å². The first-order chi connectivity index (χ1) is 10.9. The maximum atomic E-state index is 13.2. The number of hydrogen-bond donors (Lipinski definition) is 0. The number of hydrogen-bond acceptors (Lipinski definition) is 4. The molecule has 0 aliphatic carbocycles. The number of rotatable bonds is 5. The number of halogens is 2. The molecule has 0 N–H and O–H groups in total. The van der Waals surface area contributed by atoms with E-state index in [1.807, 2.05) is 0 Å². The number of benzene rings is 2. The molecular weight excluding hydrogens is 343 g/mol. The molecule has 0 unspecified atom stereocenters. The fourth-order valence-corrected chi connectivity index (χ4v) is 3.91. The average molecular weight is 357 g/mol. The monoisotopic (exact) mass is 356 g/mol. The molecule has 1 heterocycles. The van der Waals surface area contributed by atoms with E-state index in [2.05, 4.69) is 4.18 Å². The Kier molecular flexibility index (Phi) is 4.18. The molecule has 1 aliphatic rings. The van der Waals surface area contributed by atoms with Crippen LogP contribution in [0, 0.1) is 5.82 Å². The summed E-state index contributed by atoms with van der Waals surface area (Å²) >= 11 is 6.18. The normalized spacial score (nSPS) is 23.7. The summed E-state index contributed by atoms with van der Waals surface area (Å²) in [4.78, 5) is 0. The Labute approximate surface area is 138 Å². The molecule has 1 fully saturated rings. The van der Waals surface area contributed by atoms with Crippen LogP contribution in [0.3, 0.4) is 0 Å². The van der Waals surface area contributed by atoms with Crippen LogP contribution in [0.4, 0.5) is 4.39 Å². The average Bonchev–Trinajstić information content (AvgIpc) is 3.22. The van der Waals surface area contributed by atoms with Gasteiger partial charge in [0.25, 0.3) is 10.1 Å². The highest BCUT2D eigenvalue weighted by Gasteiger charge is 2.61. The van der Waals surface area contributed by atoms with Crippen LogP contribution in [-0.2, 0) is 24.6 Å². The molecule has 0 amide bonds. The molecule has 23 heavy (non-hydrogen) atoms. The Morgan fingerprint density at radius 3 is 2.48 bits per heavy atom. The van der Waals surface area contributed by atoms with Gasteiger partial charge in [-0.1, -0.05) is 41.9 Å². The Morgan fingerprint density at radius 2 is 1.87 bits per heavy atom. The van der Waals surface area contributed by atoms with E-state index in [1.165, 1.54) is 24.3 Å². The highest BCUT2D eigenvalue weighted by atomic mass is 35.5. The summed E-state index contributed by atoms with van der Waals surface area (Å²) in [5.74, 6) is -0.786. The van der Waals surface area contributed by atoms with Crippen molar-refractivity contribution < 1.29 is 21.7 Å². The van der Waals surface area contributed by atoms with Crippen LogP contribution in [-0.4, -0.2) is 21.3 Å². The molecule has 3 rings (SSSR count). The van der Waals surface area contributed by atoms with E-state index in [4.69, 9.17) is 16.3 Å². The Hall–Kier alpha value is -1.47. The van der Waals surface area contributed by atoms with Gasteiger partial charge >= 0.3 is 0 Å². The minimum absolute atomic E-state index is 0.377. The second-order valence-electron chi connectivity index (χ2n) is 5.28. The number of epoxide rings is 1. The summed E-state index contributed by atoms with van der Waals surface area (Å²) in [6.45, 7) is 0. The maximum Gasteiger partial charge on any atom is 0.270 e. The Bertz CT molecular complexity index is 822. The summed E-state index contributed by atoms with van der Waals surface area (Å²) in [6.07, 6.45) is -0.536. The first-order valence-corrected chi connectivity index (χ1v) is 8.80. The maximum absolute atomic E-state index is 13.2. The van der Waals surface area contributed by atoms with Gasteiger partial charge in [0.05, 0.1) is 7.11 Å². The van der Waals surface area contributed by atoms with E-state index in [0.29, 0.717) is 16.1 Å². The van der Waals surface area contributed by atoms with Crippen LogP contribution in [0.15, 0.2) is 48.5 Å². The lowest BCUT2D eigenvalue weighted by atomic mass is 9.93. The van der Waals surface area contributed by atoms with Crippen molar-refractivity contribution in [1.82, 2.24) is 0 Å². The predicted molar refractivity (Wildman–Crippen MR) is 84.2 cm³/mol. The zero-order valence-electron chi connectivity index (χ0n) is 12.2. The van der Waals surface area contributed by atoms with Crippen molar-refractivity contribution in [3.63, 3.8) is 0 Å². The van der Waals surface area contributed by atoms with Gasteiger partial charge in [0, 0.05) is 10.6 Å². The summed E-state index contributed by atoms with van der Waals surface area (Å²) in [7, 11) is -2.69. The molecular formula is C16H14ClFO4S. The summed E-state index contributed by atoms with van der Waals surface area (Å²) < 4.78 is 47.4. The van der Waals surface area contributed by atoms with E-state index in [0.717, 1.165) is 7.11 Å². The van der Waals surface area contributed by atoms with Gasteiger partial charge in [0.1, 0.15) is 23.3 Å². The largest absolute Gasteiger partial charge is 0.355 e. The van der Waals surface area contributed by atoms with Crippen LogP contribution >= 0.6 is 11.6 Å². The van der Waals surface area contributed by atoms with Crippen molar-refractivity contribution in [2.24, 2.45) is 0 Å². The molecule has 0 bridgehead atoms. The zero-order chi connectivity index (χ0) is 16.7. The Balaban J connectivity index is 2.04. The van der Waals surface area contributed by atoms with E-state index in [-0.39, 0.29) is 5.75 Å². The van der Waals surface area contributed by atoms with Gasteiger partial charge in [-0.2, -0.15) is 8.42 Å². The van der Waals surface area contributed by atoms with Gasteiger partial charge in [0.15, 0.2) is 0 Å². The van der Waals surface area contributed by atoms with Crippen LogP contribution in [0.2, 0.25) is 5.02 Å². The van der Waals surface area contributed by atoms with Crippen molar-refractivity contribution in [3.05, 3.63) is 70.5 Å². The van der Waals surface area contributed by atoms with Crippen molar-refractivity contribution >= 4 is 21.7 Å². The molecule has 0 radical (unpaired) electrons. The first kappa shape index (κ1) is 16.4. The van der Waals surface area contributed by atoms with Crippen molar-refractivity contribution in [2.75, 3.05) is 12.9 Å². The molecule has 4 nitrogen and oxygen atoms in total. The topological polar surface area (TPSA) is 55.9 Å². The molecule has 2 aromatic carbocycles. The molecule has 2 aromatic rings. The highest BCUT2D eigenvalue weighted by molar-refractivity contribution is 7.86. The molecule has 2 atom stereocenters. The van der Waals surface area contributed by atoms with Gasteiger partial charge in [-0.3, -0.25) is 4.18 Å². The lowest BCUT2D eigenvalue weighted by Gasteiger charge is -2.14. The van der Waals surface area contributed by atoms with Gasteiger partial charge in [-0.05, 0) is 23.8 Å². The van der Waals surface area contributed by atoms with Crippen molar-refractivity contribution in [1.29, 1.82) is 0 Å². The van der Waals surface area contributed by atoms with Crippen molar-refractivity contribution in [2.45, 2.75) is 11.7 Å². The van der Waals surface area contributed by atoms with E-state index >= 15 is 0 Å². The minimum Gasteiger partial charge on any atom is -0.355 e. The lowest BCUT2D eigenvalue weighted by Crippen LogP contribution is -2.24. The summed E-state index contributed by atoms with van der Waals surface area (Å²) in [5, 5.41) is 0.483. The van der Waals surface area contributed by atoms with Crippen LogP contribution in [0.1, 0.15) is 17.2 Å². The van der Waals surface area contributed by atoms with Gasteiger partial charge in [-0.15, -0.1) is 0 Å². The molecule has 0 saturated carbocycles. The SMILES string of the molecule is COS(=O)(=O)C[C@]1(c2ccc(F)cc2)O[C@H]1c1ccccc1Cl. The lowest BCUT2D eigenvalue weighted by molar-refractivity contribution is 0.305. The third kappa shape index (κ3) is 3.12. The van der Waals surface area contributed by atoms with Crippen LogP contribution < -0.4 is 0 Å². The van der Waals surface area contributed by atoms with Gasteiger partial charge in [0.2, 0.25) is 0 Å². The highest BCUT2D eigenvalue weighted by Crippen LogP contribution is 2.58. The molecule has 7 heteroatoms. The fraction of sp³-hybridized carbons (Fsp3) is 0.250. The summed E-state index contributed by atoms with van der Waals surface area (Å²) in [5.41, 5.74) is 0.113. The standard InChI is InChI=1S/C16H14ClFO4S/c1-21-23(19,20)10-16(11-6-8-12(18)9-7-11)15(22-16)13-4-2-3-5-14(13)17/h2-9,15H,10H2,1H3/t15-,16+/m0/s1. The minimum atomic E-state index is -3.79. The molecule has 0 spiro atoms. The third-order valence-electron chi connectivity index (χ3n) is 3.86. The second kappa shape index (κ2) is 5.87. The van der Waals surface area contributed by atoms with E-state index in [9.17, 15) is 12.8 Å². The van der Waals surface area contributed by atoms with E-state index < -0.39 is 27.6 Å².